The van der Waals surface area contributed by atoms with Crippen molar-refractivity contribution in [1.29, 1.82) is 0 Å². The number of ether oxygens (including phenoxy) is 5. The van der Waals surface area contributed by atoms with Gasteiger partial charge in [0.2, 0.25) is 0 Å². The molecule has 0 unspecified atom stereocenters. The Bertz CT molecular complexity index is 2160. The zero-order chi connectivity index (χ0) is 45.2. The smallest absolute Gasteiger partial charge is 0.343 e. The van der Waals surface area contributed by atoms with Crippen molar-refractivity contribution in [3.8, 4) is 28.7 Å². The minimum absolute atomic E-state index is 0.162. The van der Waals surface area contributed by atoms with Crippen molar-refractivity contribution in [1.82, 2.24) is 0 Å². The predicted octanol–water partition coefficient (Wildman–Crippen LogP) is 14.2. The number of carbonyl (C=O) groups is 4. The van der Waals surface area contributed by atoms with E-state index < -0.39 is 23.9 Å². The Labute approximate surface area is 379 Å². The van der Waals surface area contributed by atoms with Crippen LogP contribution in [0.2, 0.25) is 0 Å². The van der Waals surface area contributed by atoms with Crippen LogP contribution in [0.25, 0.3) is 0 Å². The van der Waals surface area contributed by atoms with Gasteiger partial charge in [0, 0.05) is 6.07 Å². The first-order chi connectivity index (χ1) is 31.3. The second-order valence-corrected chi connectivity index (χ2v) is 16.2. The third-order valence-corrected chi connectivity index (χ3v) is 10.9. The molecule has 0 spiro atoms. The maximum atomic E-state index is 13.0. The van der Waals surface area contributed by atoms with E-state index in [0.29, 0.717) is 29.2 Å². The van der Waals surface area contributed by atoms with E-state index in [0.717, 1.165) is 25.7 Å². The Morgan fingerprint density at radius 2 is 0.672 bits per heavy atom. The molecule has 0 fully saturated rings. The van der Waals surface area contributed by atoms with Crippen LogP contribution in [0, 0.1) is 0 Å². The summed E-state index contributed by atoms with van der Waals surface area (Å²) in [6.07, 6.45) is 22.4. The van der Waals surface area contributed by atoms with Gasteiger partial charge in [0.05, 0.1) is 28.9 Å². The highest BCUT2D eigenvalue weighted by atomic mass is 16.6. The number of hydrogen-bond donors (Lipinski definition) is 0. The monoisotopic (exact) mass is 868 g/mol. The molecule has 0 bridgehead atoms. The maximum Gasteiger partial charge on any atom is 0.343 e. The Balaban J connectivity index is 0.999. The van der Waals surface area contributed by atoms with E-state index in [-0.39, 0.29) is 28.4 Å². The highest BCUT2D eigenvalue weighted by Gasteiger charge is 2.15. The van der Waals surface area contributed by atoms with E-state index in [1.54, 1.807) is 54.6 Å². The predicted molar refractivity (Wildman–Crippen MR) is 251 cm³/mol. The highest BCUT2D eigenvalue weighted by Crippen LogP contribution is 2.24. The standard InChI is InChI=1S/C55H64O9/c1-3-5-7-9-11-12-13-15-17-19-40-60-47-34-28-44(29-35-47)53(57)62-49-38-32-46(33-39-49)55(59)64-51-23-20-22-50(41-51)63-54(58)45-30-36-48(37-31-45)61-52(56)43-26-24-42(25-27-43)21-18-16-14-10-8-6-4-2/h20,22-39,41H,3-19,21,40H2,1-2H3. The summed E-state index contributed by atoms with van der Waals surface area (Å²) in [4.78, 5) is 51.5. The normalized spacial score (nSPS) is 10.8. The topological polar surface area (TPSA) is 114 Å². The van der Waals surface area contributed by atoms with Gasteiger partial charge in [0.1, 0.15) is 28.7 Å². The third kappa shape index (κ3) is 17.5. The average molecular weight is 869 g/mol. The molecule has 5 rings (SSSR count). The highest BCUT2D eigenvalue weighted by molar-refractivity contribution is 5.94. The lowest BCUT2D eigenvalue weighted by molar-refractivity contribution is 0.0723. The van der Waals surface area contributed by atoms with Crippen LogP contribution in [0.5, 0.6) is 28.7 Å². The number of hydrogen-bond acceptors (Lipinski definition) is 9. The molecule has 5 aromatic carbocycles. The molecule has 0 aliphatic rings. The molecule has 0 saturated heterocycles. The lowest BCUT2D eigenvalue weighted by atomic mass is 10.0. The number of benzene rings is 5. The molecule has 0 saturated carbocycles. The summed E-state index contributed by atoms with van der Waals surface area (Å²) < 4.78 is 28.0. The van der Waals surface area contributed by atoms with Gasteiger partial charge in [-0.2, -0.15) is 0 Å². The number of carbonyl (C=O) groups excluding carboxylic acids is 4. The van der Waals surface area contributed by atoms with Crippen molar-refractivity contribution in [2.24, 2.45) is 0 Å². The van der Waals surface area contributed by atoms with Gasteiger partial charge in [-0.15, -0.1) is 0 Å². The zero-order valence-electron chi connectivity index (χ0n) is 37.7. The van der Waals surface area contributed by atoms with E-state index in [1.165, 1.54) is 150 Å². The number of aryl methyl sites for hydroxylation is 1. The van der Waals surface area contributed by atoms with Crippen molar-refractivity contribution in [2.45, 2.75) is 129 Å². The Hall–Kier alpha value is -6.22. The SMILES string of the molecule is CCCCCCCCCCCCOc1ccc(C(=O)Oc2ccc(C(=O)Oc3cccc(OC(=O)c4ccc(OC(=O)c5ccc(CCCCCCCCC)cc5)cc4)c3)cc2)cc1. The second-order valence-electron chi connectivity index (χ2n) is 16.2. The van der Waals surface area contributed by atoms with Crippen LogP contribution in [0.15, 0.2) is 121 Å². The van der Waals surface area contributed by atoms with Crippen LogP contribution in [0.3, 0.4) is 0 Å². The zero-order valence-corrected chi connectivity index (χ0v) is 37.7. The molecule has 0 atom stereocenters. The minimum Gasteiger partial charge on any atom is -0.494 e. The molecule has 0 radical (unpaired) electrons. The van der Waals surface area contributed by atoms with Gasteiger partial charge < -0.3 is 23.7 Å². The number of rotatable bonds is 28. The number of esters is 4. The van der Waals surface area contributed by atoms with Crippen LogP contribution in [0.4, 0.5) is 0 Å². The molecular weight excluding hydrogens is 805 g/mol. The van der Waals surface area contributed by atoms with Crippen molar-refractivity contribution in [3.63, 3.8) is 0 Å². The van der Waals surface area contributed by atoms with Gasteiger partial charge in [-0.05, 0) is 122 Å². The Kier molecular flexibility index (Phi) is 21.2. The minimum atomic E-state index is -0.653. The van der Waals surface area contributed by atoms with Gasteiger partial charge in [0.15, 0.2) is 0 Å². The van der Waals surface area contributed by atoms with Crippen LogP contribution in [-0.4, -0.2) is 30.5 Å². The first-order valence-electron chi connectivity index (χ1n) is 23.3. The van der Waals surface area contributed by atoms with E-state index >= 15 is 0 Å². The Morgan fingerprint density at radius 3 is 1.08 bits per heavy atom. The van der Waals surface area contributed by atoms with Crippen molar-refractivity contribution >= 4 is 23.9 Å². The molecule has 9 nitrogen and oxygen atoms in total. The van der Waals surface area contributed by atoms with Crippen LogP contribution < -0.4 is 23.7 Å². The van der Waals surface area contributed by atoms with Gasteiger partial charge in [0.25, 0.3) is 0 Å². The van der Waals surface area contributed by atoms with Gasteiger partial charge in [-0.3, -0.25) is 0 Å². The molecule has 9 heteroatoms. The number of unbranched alkanes of at least 4 members (excludes halogenated alkanes) is 15. The van der Waals surface area contributed by atoms with Gasteiger partial charge in [-0.1, -0.05) is 128 Å². The molecule has 0 aromatic heterocycles. The Morgan fingerprint density at radius 1 is 0.344 bits per heavy atom. The fourth-order valence-electron chi connectivity index (χ4n) is 7.14. The molecular formula is C55H64O9. The van der Waals surface area contributed by atoms with E-state index in [2.05, 4.69) is 13.8 Å². The van der Waals surface area contributed by atoms with Crippen molar-refractivity contribution in [2.75, 3.05) is 6.61 Å². The summed E-state index contributed by atoms with van der Waals surface area (Å²) in [5, 5.41) is 0. The first kappa shape index (κ1) is 48.8. The van der Waals surface area contributed by atoms with Crippen LogP contribution >= 0.6 is 0 Å². The molecule has 64 heavy (non-hydrogen) atoms. The fourth-order valence-corrected chi connectivity index (χ4v) is 7.14. The van der Waals surface area contributed by atoms with Gasteiger partial charge >= 0.3 is 23.9 Å². The summed E-state index contributed by atoms with van der Waals surface area (Å²) in [6.45, 7) is 5.11. The molecule has 0 aliphatic carbocycles. The maximum absolute atomic E-state index is 13.0. The molecule has 0 N–H and O–H groups in total. The first-order valence-corrected chi connectivity index (χ1v) is 23.3. The lowest BCUT2D eigenvalue weighted by Gasteiger charge is -2.09. The van der Waals surface area contributed by atoms with Crippen molar-refractivity contribution in [3.05, 3.63) is 149 Å². The fraction of sp³-hybridized carbons (Fsp3) is 0.382. The van der Waals surface area contributed by atoms with Gasteiger partial charge in [-0.25, -0.2) is 19.2 Å². The summed E-state index contributed by atoms with van der Waals surface area (Å²) in [6, 6.07) is 32.6. The van der Waals surface area contributed by atoms with Crippen LogP contribution in [0.1, 0.15) is 170 Å². The molecule has 5 aromatic rings. The summed E-state index contributed by atoms with van der Waals surface area (Å²) in [7, 11) is 0. The molecule has 0 aliphatic heterocycles. The lowest BCUT2D eigenvalue weighted by Crippen LogP contribution is -2.11. The van der Waals surface area contributed by atoms with Crippen LogP contribution in [-0.2, 0) is 6.42 Å². The molecule has 338 valence electrons. The quantitative estimate of drug-likeness (QED) is 0.0275. The summed E-state index contributed by atoms with van der Waals surface area (Å²) in [5.74, 6) is -0.733. The summed E-state index contributed by atoms with van der Waals surface area (Å²) >= 11 is 0. The molecule has 0 heterocycles. The summed E-state index contributed by atoms with van der Waals surface area (Å²) in [5.41, 5.74) is 2.48. The van der Waals surface area contributed by atoms with E-state index in [9.17, 15) is 19.2 Å². The van der Waals surface area contributed by atoms with E-state index in [1.807, 2.05) is 12.1 Å². The second kappa shape index (κ2) is 27.8. The largest absolute Gasteiger partial charge is 0.494 e. The van der Waals surface area contributed by atoms with E-state index in [4.69, 9.17) is 23.7 Å². The van der Waals surface area contributed by atoms with Crippen molar-refractivity contribution < 1.29 is 42.9 Å². The average Bonchev–Trinajstić information content (AvgIpc) is 3.31. The third-order valence-electron chi connectivity index (χ3n) is 10.9. The molecule has 0 amide bonds.